The van der Waals surface area contributed by atoms with Crippen LogP contribution in [0, 0.1) is 0 Å². The Bertz CT molecular complexity index is 823. The summed E-state index contributed by atoms with van der Waals surface area (Å²) in [6.45, 7) is 0. The number of rotatable bonds is 6. The molecule has 0 aliphatic carbocycles. The van der Waals surface area contributed by atoms with E-state index in [9.17, 15) is 0 Å². The van der Waals surface area contributed by atoms with Gasteiger partial charge in [0.05, 0.1) is 35.5 Å². The second kappa shape index (κ2) is 7.47. The maximum absolute atomic E-state index is 6.18. The first-order chi connectivity index (χ1) is 12.7. The average Bonchev–Trinajstić information content (AvgIpc) is 2.71. The number of methoxy groups -OCH3 is 5. The summed E-state index contributed by atoms with van der Waals surface area (Å²) >= 11 is 0. The Morgan fingerprint density at radius 1 is 0.692 bits per heavy atom. The maximum atomic E-state index is 6.18. The van der Waals surface area contributed by atoms with Gasteiger partial charge in [-0.2, -0.15) is 0 Å². The third-order valence-corrected chi connectivity index (χ3v) is 4.27. The summed E-state index contributed by atoms with van der Waals surface area (Å²) < 4.78 is 33.5. The van der Waals surface area contributed by atoms with E-state index >= 15 is 0 Å². The molecule has 3 rings (SSSR count). The molecule has 0 unspecified atom stereocenters. The van der Waals surface area contributed by atoms with Gasteiger partial charge < -0.3 is 28.4 Å². The van der Waals surface area contributed by atoms with E-state index in [-0.39, 0.29) is 0 Å². The van der Waals surface area contributed by atoms with Crippen molar-refractivity contribution < 1.29 is 28.4 Å². The largest absolute Gasteiger partial charge is 0.497 e. The highest BCUT2D eigenvalue weighted by molar-refractivity contribution is 5.76. The third-order valence-electron chi connectivity index (χ3n) is 4.27. The molecule has 138 valence electrons. The van der Waals surface area contributed by atoms with Gasteiger partial charge in [-0.05, 0) is 30.3 Å². The molecule has 2 aromatic carbocycles. The average molecular weight is 358 g/mol. The molecule has 0 saturated heterocycles. The summed E-state index contributed by atoms with van der Waals surface area (Å²) in [6, 6.07) is 7.67. The molecule has 1 heterocycles. The number of hydrogen-bond donors (Lipinski definition) is 0. The number of allylic oxidation sites excluding steroid dienone is 1. The summed E-state index contributed by atoms with van der Waals surface area (Å²) in [5, 5.41) is 0. The fourth-order valence-electron chi connectivity index (χ4n) is 3.03. The molecule has 6 nitrogen and oxygen atoms in total. The van der Waals surface area contributed by atoms with Crippen molar-refractivity contribution in [2.75, 3.05) is 35.5 Å². The van der Waals surface area contributed by atoms with Gasteiger partial charge in [0.25, 0.3) is 0 Å². The first kappa shape index (κ1) is 17.8. The van der Waals surface area contributed by atoms with Crippen LogP contribution >= 0.6 is 0 Å². The van der Waals surface area contributed by atoms with Gasteiger partial charge in [-0.15, -0.1) is 0 Å². The second-order valence-electron chi connectivity index (χ2n) is 5.54. The van der Waals surface area contributed by atoms with Crippen LogP contribution in [0.4, 0.5) is 0 Å². The van der Waals surface area contributed by atoms with Crippen molar-refractivity contribution in [3.05, 3.63) is 41.5 Å². The van der Waals surface area contributed by atoms with Gasteiger partial charge in [-0.1, -0.05) is 0 Å². The molecule has 0 atom stereocenters. The SMILES string of the molecule is COc1ccc(C2=CCc3c(OC)c(OC)c(OC)c(OC)c3O2)cc1. The summed E-state index contributed by atoms with van der Waals surface area (Å²) in [6.07, 6.45) is 2.61. The highest BCUT2D eigenvalue weighted by Gasteiger charge is 2.31. The summed E-state index contributed by atoms with van der Waals surface area (Å²) in [7, 11) is 7.91. The maximum Gasteiger partial charge on any atom is 0.211 e. The van der Waals surface area contributed by atoms with Crippen molar-refractivity contribution in [2.24, 2.45) is 0 Å². The van der Waals surface area contributed by atoms with Crippen molar-refractivity contribution >= 4 is 5.76 Å². The zero-order valence-electron chi connectivity index (χ0n) is 15.5. The molecule has 1 aliphatic heterocycles. The van der Waals surface area contributed by atoms with E-state index in [2.05, 4.69) is 0 Å². The van der Waals surface area contributed by atoms with Crippen molar-refractivity contribution in [3.63, 3.8) is 0 Å². The van der Waals surface area contributed by atoms with E-state index in [1.165, 1.54) is 0 Å². The minimum absolute atomic E-state index is 0.432. The van der Waals surface area contributed by atoms with Crippen LogP contribution in [0.25, 0.3) is 5.76 Å². The molecular formula is C20H22O6. The van der Waals surface area contributed by atoms with Crippen LogP contribution in [0.1, 0.15) is 11.1 Å². The van der Waals surface area contributed by atoms with Crippen molar-refractivity contribution in [1.82, 2.24) is 0 Å². The highest BCUT2D eigenvalue weighted by Crippen LogP contribution is 2.55. The number of fused-ring (bicyclic) bond motifs is 1. The Hall–Kier alpha value is -3.02. The van der Waals surface area contributed by atoms with Crippen molar-refractivity contribution in [3.8, 4) is 34.5 Å². The minimum Gasteiger partial charge on any atom is -0.497 e. The van der Waals surface area contributed by atoms with Gasteiger partial charge >= 0.3 is 0 Å². The predicted octanol–water partition coefficient (Wildman–Crippen LogP) is 3.71. The smallest absolute Gasteiger partial charge is 0.211 e. The molecule has 26 heavy (non-hydrogen) atoms. The Morgan fingerprint density at radius 3 is 1.81 bits per heavy atom. The summed E-state index contributed by atoms with van der Waals surface area (Å²) in [4.78, 5) is 0. The lowest BCUT2D eigenvalue weighted by Crippen LogP contribution is -2.10. The molecule has 0 fully saturated rings. The van der Waals surface area contributed by atoms with Crippen LogP contribution in [0.3, 0.4) is 0 Å². The lowest BCUT2D eigenvalue weighted by atomic mass is 10.0. The van der Waals surface area contributed by atoms with Crippen LogP contribution in [0.15, 0.2) is 30.3 Å². The molecule has 1 aliphatic rings. The molecular weight excluding hydrogens is 336 g/mol. The topological polar surface area (TPSA) is 55.4 Å². The molecule has 0 amide bonds. The van der Waals surface area contributed by atoms with E-state index in [1.807, 2.05) is 30.3 Å². The molecule has 0 radical (unpaired) electrons. The third kappa shape index (κ3) is 2.87. The Balaban J connectivity index is 2.09. The van der Waals surface area contributed by atoms with Gasteiger partial charge in [0.1, 0.15) is 11.5 Å². The standard InChI is InChI=1S/C20H22O6/c1-21-13-8-6-12(7-9-13)15-11-10-14-16(22-2)18(23-3)20(25-5)19(24-4)17(14)26-15/h6-9,11H,10H2,1-5H3. The van der Waals surface area contributed by atoms with Gasteiger partial charge in [0.2, 0.25) is 17.2 Å². The van der Waals surface area contributed by atoms with Crippen molar-refractivity contribution in [1.29, 1.82) is 0 Å². The predicted molar refractivity (Wildman–Crippen MR) is 98.0 cm³/mol. The van der Waals surface area contributed by atoms with Gasteiger partial charge in [0.15, 0.2) is 11.5 Å². The van der Waals surface area contributed by atoms with Crippen LogP contribution in [-0.2, 0) is 6.42 Å². The summed E-state index contributed by atoms with van der Waals surface area (Å²) in [5.74, 6) is 4.04. The fourth-order valence-corrected chi connectivity index (χ4v) is 3.03. The zero-order valence-corrected chi connectivity index (χ0v) is 15.5. The summed E-state index contributed by atoms with van der Waals surface area (Å²) in [5.41, 5.74) is 1.78. The van der Waals surface area contributed by atoms with Gasteiger partial charge in [-0.25, -0.2) is 0 Å². The van der Waals surface area contributed by atoms with E-state index in [0.29, 0.717) is 35.2 Å². The van der Waals surface area contributed by atoms with Crippen molar-refractivity contribution in [2.45, 2.75) is 6.42 Å². The van der Waals surface area contributed by atoms with E-state index in [4.69, 9.17) is 28.4 Å². The number of ether oxygens (including phenoxy) is 6. The minimum atomic E-state index is 0.432. The molecule has 0 spiro atoms. The Labute approximate surface area is 152 Å². The molecule has 2 aromatic rings. The molecule has 0 N–H and O–H groups in total. The highest BCUT2D eigenvalue weighted by atomic mass is 16.6. The van der Waals surface area contributed by atoms with Crippen LogP contribution < -0.4 is 28.4 Å². The van der Waals surface area contributed by atoms with Gasteiger partial charge in [0, 0.05) is 17.5 Å². The molecule has 0 aromatic heterocycles. The monoisotopic (exact) mass is 358 g/mol. The first-order valence-electron chi connectivity index (χ1n) is 8.09. The zero-order chi connectivity index (χ0) is 18.7. The number of hydrogen-bond acceptors (Lipinski definition) is 6. The van der Waals surface area contributed by atoms with E-state index in [1.54, 1.807) is 35.5 Å². The Morgan fingerprint density at radius 2 is 1.27 bits per heavy atom. The molecule has 0 saturated carbocycles. The first-order valence-corrected chi connectivity index (χ1v) is 8.09. The van der Waals surface area contributed by atoms with E-state index < -0.39 is 0 Å². The lowest BCUT2D eigenvalue weighted by molar-refractivity contribution is 0.294. The van der Waals surface area contributed by atoms with Crippen LogP contribution in [0.2, 0.25) is 0 Å². The van der Waals surface area contributed by atoms with E-state index in [0.717, 1.165) is 22.6 Å². The second-order valence-corrected chi connectivity index (χ2v) is 5.54. The quantitative estimate of drug-likeness (QED) is 0.785. The van der Waals surface area contributed by atoms with Gasteiger partial charge in [-0.3, -0.25) is 0 Å². The molecule has 6 heteroatoms. The fraction of sp³-hybridized carbons (Fsp3) is 0.300. The number of benzene rings is 2. The van der Waals surface area contributed by atoms with Crippen LogP contribution in [-0.4, -0.2) is 35.5 Å². The normalized spacial score (nSPS) is 12.4. The Kier molecular flexibility index (Phi) is 5.11. The van der Waals surface area contributed by atoms with Crippen LogP contribution in [0.5, 0.6) is 34.5 Å². The lowest BCUT2D eigenvalue weighted by Gasteiger charge is -2.25. The molecule has 0 bridgehead atoms.